The number of ether oxygens (including phenoxy) is 1. The molecule has 0 saturated carbocycles. The van der Waals surface area contributed by atoms with Crippen molar-refractivity contribution in [2.75, 3.05) is 19.7 Å². The van der Waals surface area contributed by atoms with Gasteiger partial charge in [0, 0.05) is 13.1 Å². The van der Waals surface area contributed by atoms with Crippen molar-refractivity contribution in [1.82, 2.24) is 9.62 Å². The van der Waals surface area contributed by atoms with E-state index in [0.717, 1.165) is 5.56 Å². The first-order valence-electron chi connectivity index (χ1n) is 8.73. The fourth-order valence-electron chi connectivity index (χ4n) is 2.71. The number of sulfonamides is 1. The summed E-state index contributed by atoms with van der Waals surface area (Å²) in [5, 5.41) is 2.65. The number of carbonyl (C=O) groups excluding carboxylic acids is 2. The number of aryl methyl sites for hydroxylation is 1. The van der Waals surface area contributed by atoms with Gasteiger partial charge in [0.1, 0.15) is 6.04 Å². The van der Waals surface area contributed by atoms with Crippen LogP contribution in [-0.4, -0.2) is 50.3 Å². The first-order chi connectivity index (χ1) is 12.2. The summed E-state index contributed by atoms with van der Waals surface area (Å²) in [6.07, 6.45) is 0.960. The predicted molar refractivity (Wildman–Crippen MR) is 96.9 cm³/mol. The molecule has 1 aliphatic rings. The van der Waals surface area contributed by atoms with E-state index in [1.807, 2.05) is 20.8 Å². The van der Waals surface area contributed by atoms with Gasteiger partial charge in [-0.3, -0.25) is 9.59 Å². The summed E-state index contributed by atoms with van der Waals surface area (Å²) in [4.78, 5) is 24.2. The van der Waals surface area contributed by atoms with E-state index >= 15 is 0 Å². The van der Waals surface area contributed by atoms with Crippen molar-refractivity contribution in [2.24, 2.45) is 5.92 Å². The van der Waals surface area contributed by atoms with Crippen LogP contribution < -0.4 is 5.32 Å². The molecule has 1 saturated heterocycles. The minimum absolute atomic E-state index is 0.150. The normalized spacial score (nSPS) is 18.1. The van der Waals surface area contributed by atoms with Crippen molar-refractivity contribution in [3.63, 3.8) is 0 Å². The summed E-state index contributed by atoms with van der Waals surface area (Å²) in [6, 6.07) is 5.61. The Balaban J connectivity index is 2.01. The highest BCUT2D eigenvalue weighted by molar-refractivity contribution is 7.89. The Morgan fingerprint density at radius 1 is 1.27 bits per heavy atom. The number of benzene rings is 1. The quantitative estimate of drug-likeness (QED) is 0.721. The third kappa shape index (κ3) is 5.04. The molecule has 0 radical (unpaired) electrons. The van der Waals surface area contributed by atoms with Crippen molar-refractivity contribution >= 4 is 21.9 Å². The molecule has 8 heteroatoms. The fourth-order valence-corrected chi connectivity index (χ4v) is 4.36. The van der Waals surface area contributed by atoms with E-state index in [4.69, 9.17) is 4.74 Å². The average Bonchev–Trinajstić information content (AvgIpc) is 3.09. The number of esters is 1. The monoisotopic (exact) mass is 382 g/mol. The second-order valence-corrected chi connectivity index (χ2v) is 8.78. The SMILES string of the molecule is Cc1ccc(S(=O)(=O)N2CCC[C@H]2C(=O)OCC(=O)NCC(C)C)cc1. The first-order valence-corrected chi connectivity index (χ1v) is 10.2. The van der Waals surface area contributed by atoms with Gasteiger partial charge in [0.05, 0.1) is 4.90 Å². The number of carbonyl (C=O) groups is 2. The Hall–Kier alpha value is -1.93. The minimum atomic E-state index is -3.78. The lowest BCUT2D eigenvalue weighted by atomic mass is 10.2. The van der Waals surface area contributed by atoms with Crippen LogP contribution in [-0.2, 0) is 24.3 Å². The molecule has 1 aromatic carbocycles. The Morgan fingerprint density at radius 3 is 2.54 bits per heavy atom. The molecule has 1 amide bonds. The number of amides is 1. The van der Waals surface area contributed by atoms with Crippen molar-refractivity contribution in [1.29, 1.82) is 0 Å². The third-order valence-electron chi connectivity index (χ3n) is 4.16. The van der Waals surface area contributed by atoms with Crippen LogP contribution >= 0.6 is 0 Å². The van der Waals surface area contributed by atoms with Gasteiger partial charge in [-0.1, -0.05) is 31.5 Å². The topological polar surface area (TPSA) is 92.8 Å². The van der Waals surface area contributed by atoms with E-state index in [0.29, 0.717) is 25.3 Å². The molecule has 1 N–H and O–H groups in total. The lowest BCUT2D eigenvalue weighted by Gasteiger charge is -2.22. The molecule has 0 aliphatic carbocycles. The maximum absolute atomic E-state index is 12.8. The third-order valence-corrected chi connectivity index (χ3v) is 6.08. The molecule has 0 aromatic heterocycles. The van der Waals surface area contributed by atoms with Crippen LogP contribution in [0.15, 0.2) is 29.2 Å². The highest BCUT2D eigenvalue weighted by Crippen LogP contribution is 2.27. The van der Waals surface area contributed by atoms with Gasteiger partial charge in [-0.25, -0.2) is 8.42 Å². The highest BCUT2D eigenvalue weighted by Gasteiger charge is 2.40. The molecule has 26 heavy (non-hydrogen) atoms. The van der Waals surface area contributed by atoms with Gasteiger partial charge in [-0.15, -0.1) is 0 Å². The Labute approximate surface area is 154 Å². The summed E-state index contributed by atoms with van der Waals surface area (Å²) in [6.45, 7) is 6.14. The largest absolute Gasteiger partial charge is 0.454 e. The Bertz CT molecular complexity index is 743. The van der Waals surface area contributed by atoms with Gasteiger partial charge >= 0.3 is 5.97 Å². The zero-order chi connectivity index (χ0) is 19.3. The molecule has 1 aliphatic heterocycles. The van der Waals surface area contributed by atoms with Crippen molar-refractivity contribution < 1.29 is 22.7 Å². The molecular weight excluding hydrogens is 356 g/mol. The molecule has 7 nitrogen and oxygen atoms in total. The zero-order valence-corrected chi connectivity index (χ0v) is 16.2. The number of hydrogen-bond acceptors (Lipinski definition) is 5. The van der Waals surface area contributed by atoms with E-state index in [-0.39, 0.29) is 11.4 Å². The average molecular weight is 382 g/mol. The fraction of sp³-hybridized carbons (Fsp3) is 0.556. The maximum Gasteiger partial charge on any atom is 0.324 e. The van der Waals surface area contributed by atoms with Crippen molar-refractivity contribution in [2.45, 2.75) is 44.6 Å². The van der Waals surface area contributed by atoms with Crippen LogP contribution in [0.4, 0.5) is 0 Å². The molecule has 1 fully saturated rings. The number of hydrogen-bond donors (Lipinski definition) is 1. The van der Waals surface area contributed by atoms with Crippen molar-refractivity contribution in [3.8, 4) is 0 Å². The summed E-state index contributed by atoms with van der Waals surface area (Å²) < 4.78 is 31.8. The predicted octanol–water partition coefficient (Wildman–Crippen LogP) is 1.46. The van der Waals surface area contributed by atoms with Crippen LogP contribution in [0.3, 0.4) is 0 Å². The standard InChI is InChI=1S/C18H26N2O5S/c1-13(2)11-19-17(21)12-25-18(22)16-5-4-10-20(16)26(23,24)15-8-6-14(3)7-9-15/h6-9,13,16H,4-5,10-12H2,1-3H3,(H,19,21)/t16-/m0/s1. The molecule has 1 atom stereocenters. The molecule has 1 aromatic rings. The van der Waals surface area contributed by atoms with Crippen molar-refractivity contribution in [3.05, 3.63) is 29.8 Å². The molecule has 2 rings (SSSR count). The summed E-state index contributed by atoms with van der Waals surface area (Å²) in [7, 11) is -3.78. The second kappa shape index (κ2) is 8.64. The van der Waals surface area contributed by atoms with Gasteiger partial charge in [-0.05, 0) is 37.8 Å². The minimum Gasteiger partial charge on any atom is -0.454 e. The number of nitrogens with one attached hydrogen (secondary N) is 1. The molecule has 0 bridgehead atoms. The van der Waals surface area contributed by atoms with Gasteiger partial charge in [0.15, 0.2) is 6.61 Å². The van der Waals surface area contributed by atoms with Crippen LogP contribution in [0.5, 0.6) is 0 Å². The van der Waals surface area contributed by atoms with E-state index in [2.05, 4.69) is 5.32 Å². The zero-order valence-electron chi connectivity index (χ0n) is 15.4. The summed E-state index contributed by atoms with van der Waals surface area (Å²) in [5.74, 6) is -0.782. The summed E-state index contributed by atoms with van der Waals surface area (Å²) >= 11 is 0. The van der Waals surface area contributed by atoms with E-state index in [9.17, 15) is 18.0 Å². The van der Waals surface area contributed by atoms with Crippen LogP contribution in [0.2, 0.25) is 0 Å². The smallest absolute Gasteiger partial charge is 0.324 e. The summed E-state index contributed by atoms with van der Waals surface area (Å²) in [5.41, 5.74) is 0.953. The molecule has 144 valence electrons. The van der Waals surface area contributed by atoms with E-state index < -0.39 is 34.5 Å². The molecule has 1 heterocycles. The van der Waals surface area contributed by atoms with Crippen LogP contribution in [0.25, 0.3) is 0 Å². The van der Waals surface area contributed by atoms with E-state index in [1.165, 1.54) is 16.4 Å². The lowest BCUT2D eigenvalue weighted by molar-refractivity contribution is -0.151. The van der Waals surface area contributed by atoms with Gasteiger partial charge in [-0.2, -0.15) is 4.31 Å². The van der Waals surface area contributed by atoms with Gasteiger partial charge in [0.2, 0.25) is 10.0 Å². The Morgan fingerprint density at radius 2 is 1.92 bits per heavy atom. The number of nitrogens with zero attached hydrogens (tertiary/aromatic N) is 1. The number of rotatable bonds is 7. The van der Waals surface area contributed by atoms with Crippen LogP contribution in [0.1, 0.15) is 32.3 Å². The molecule has 0 spiro atoms. The molecule has 0 unspecified atom stereocenters. The first kappa shape index (κ1) is 20.4. The van der Waals surface area contributed by atoms with Gasteiger partial charge < -0.3 is 10.1 Å². The maximum atomic E-state index is 12.8. The van der Waals surface area contributed by atoms with E-state index in [1.54, 1.807) is 12.1 Å². The second-order valence-electron chi connectivity index (χ2n) is 6.89. The van der Waals surface area contributed by atoms with Gasteiger partial charge in [0.25, 0.3) is 5.91 Å². The highest BCUT2D eigenvalue weighted by atomic mass is 32.2. The molecular formula is C18H26N2O5S. The lowest BCUT2D eigenvalue weighted by Crippen LogP contribution is -2.42. The Kier molecular flexibility index (Phi) is 6.77. The van der Waals surface area contributed by atoms with Crippen LogP contribution in [0, 0.1) is 12.8 Å².